The Morgan fingerprint density at radius 1 is 0.562 bits per heavy atom. The number of aromatic hydroxyl groups is 2. The van der Waals surface area contributed by atoms with Gasteiger partial charge in [0.25, 0.3) is 0 Å². The quantitative estimate of drug-likeness (QED) is 0.137. The number of hydrogen-bond acceptors (Lipinski definition) is 3. The number of ether oxygens (including phenoxy) is 1. The van der Waals surface area contributed by atoms with Crippen molar-refractivity contribution >= 4 is 0 Å². The van der Waals surface area contributed by atoms with Crippen LogP contribution < -0.4 is 4.74 Å². The van der Waals surface area contributed by atoms with Gasteiger partial charge in [-0.05, 0) is 30.9 Å². The predicted molar refractivity (Wildman–Crippen MR) is 138 cm³/mol. The van der Waals surface area contributed by atoms with Crippen LogP contribution in [0.25, 0.3) is 0 Å². The zero-order valence-electron chi connectivity index (χ0n) is 21.3. The summed E-state index contributed by atoms with van der Waals surface area (Å²) in [5.41, 5.74) is 1.02. The Balaban J connectivity index is 2.18. The van der Waals surface area contributed by atoms with Crippen molar-refractivity contribution in [1.82, 2.24) is 0 Å². The van der Waals surface area contributed by atoms with Crippen LogP contribution in [0, 0.1) is 0 Å². The smallest absolute Gasteiger partial charge is 0.200 e. The summed E-state index contributed by atoms with van der Waals surface area (Å²) in [4.78, 5) is 0. The first-order valence-corrected chi connectivity index (χ1v) is 13.9. The molecule has 0 aliphatic rings. The third-order valence-electron chi connectivity index (χ3n) is 6.49. The molecule has 0 fully saturated rings. The molecule has 32 heavy (non-hydrogen) atoms. The number of aryl methyl sites for hydroxylation is 1. The van der Waals surface area contributed by atoms with Gasteiger partial charge in [-0.2, -0.15) is 0 Å². The van der Waals surface area contributed by atoms with Gasteiger partial charge >= 0.3 is 0 Å². The summed E-state index contributed by atoms with van der Waals surface area (Å²) in [6.45, 7) is 5.13. The molecule has 0 radical (unpaired) electrons. The molecule has 1 aromatic carbocycles. The maximum atomic E-state index is 10.3. The first kappa shape index (κ1) is 28.7. The van der Waals surface area contributed by atoms with Crippen LogP contribution >= 0.6 is 0 Å². The number of phenolic OH excluding ortho intramolecular Hbond substituents is 2. The van der Waals surface area contributed by atoms with E-state index in [1.54, 1.807) is 6.07 Å². The molecule has 3 nitrogen and oxygen atoms in total. The normalized spacial score (nSPS) is 11.2. The topological polar surface area (TPSA) is 49.7 Å². The van der Waals surface area contributed by atoms with E-state index >= 15 is 0 Å². The highest BCUT2D eigenvalue weighted by Gasteiger charge is 2.13. The minimum absolute atomic E-state index is 0.0846. The Morgan fingerprint density at radius 3 is 1.50 bits per heavy atom. The van der Waals surface area contributed by atoms with Gasteiger partial charge < -0.3 is 14.9 Å². The second-order valence-electron chi connectivity index (χ2n) is 9.53. The van der Waals surface area contributed by atoms with Gasteiger partial charge in [0.1, 0.15) is 0 Å². The maximum absolute atomic E-state index is 10.3. The third kappa shape index (κ3) is 13.9. The highest BCUT2D eigenvalue weighted by molar-refractivity contribution is 5.54. The lowest BCUT2D eigenvalue weighted by atomic mass is 10.0. The van der Waals surface area contributed by atoms with E-state index in [9.17, 15) is 10.2 Å². The van der Waals surface area contributed by atoms with E-state index in [0.29, 0.717) is 12.4 Å². The summed E-state index contributed by atoms with van der Waals surface area (Å²) in [5.74, 6) is 0.323. The summed E-state index contributed by atoms with van der Waals surface area (Å²) >= 11 is 0. The second kappa shape index (κ2) is 20.2. The van der Waals surface area contributed by atoms with E-state index in [-0.39, 0.29) is 11.5 Å². The zero-order chi connectivity index (χ0) is 23.3. The molecule has 0 aliphatic heterocycles. The molecule has 3 heteroatoms. The average molecular weight is 449 g/mol. The first-order chi connectivity index (χ1) is 15.7. The number of phenols is 2. The summed E-state index contributed by atoms with van der Waals surface area (Å²) < 4.78 is 5.94. The van der Waals surface area contributed by atoms with E-state index in [0.717, 1.165) is 24.8 Å². The number of rotatable bonds is 22. The molecule has 2 N–H and O–H groups in total. The molecule has 0 heterocycles. The van der Waals surface area contributed by atoms with E-state index in [1.165, 1.54) is 109 Å². The largest absolute Gasteiger partial charge is 0.504 e. The SMILES string of the molecule is CCCCCCCCCCCCCOc1c(CCCCCCCCCC)ccc(O)c1O. The van der Waals surface area contributed by atoms with Crippen LogP contribution in [0.15, 0.2) is 12.1 Å². The van der Waals surface area contributed by atoms with E-state index < -0.39 is 0 Å². The van der Waals surface area contributed by atoms with Crippen LogP contribution in [0.4, 0.5) is 0 Å². The minimum atomic E-state index is -0.0925. The lowest BCUT2D eigenvalue weighted by molar-refractivity contribution is 0.280. The van der Waals surface area contributed by atoms with Crippen LogP contribution in [0.3, 0.4) is 0 Å². The van der Waals surface area contributed by atoms with Crippen molar-refractivity contribution in [3.8, 4) is 17.2 Å². The molecule has 0 amide bonds. The molecule has 0 aliphatic carbocycles. The van der Waals surface area contributed by atoms with Crippen molar-refractivity contribution in [2.75, 3.05) is 6.61 Å². The second-order valence-corrected chi connectivity index (χ2v) is 9.53. The van der Waals surface area contributed by atoms with Gasteiger partial charge in [0.15, 0.2) is 11.5 Å². The van der Waals surface area contributed by atoms with Gasteiger partial charge in [-0.1, -0.05) is 129 Å². The fraction of sp³-hybridized carbons (Fsp3) is 0.793. The van der Waals surface area contributed by atoms with Crippen LogP contribution in [-0.4, -0.2) is 16.8 Å². The number of hydrogen-bond donors (Lipinski definition) is 2. The van der Waals surface area contributed by atoms with Gasteiger partial charge in [0, 0.05) is 0 Å². The van der Waals surface area contributed by atoms with Crippen molar-refractivity contribution in [2.24, 2.45) is 0 Å². The summed E-state index contributed by atoms with van der Waals surface area (Å²) in [7, 11) is 0. The molecule has 186 valence electrons. The Morgan fingerprint density at radius 2 is 1.00 bits per heavy atom. The Bertz CT molecular complexity index is 556. The lowest BCUT2D eigenvalue weighted by Crippen LogP contribution is -2.01. The minimum Gasteiger partial charge on any atom is -0.504 e. The van der Waals surface area contributed by atoms with Crippen LogP contribution in [-0.2, 0) is 6.42 Å². The van der Waals surface area contributed by atoms with Gasteiger partial charge in [0.2, 0.25) is 5.75 Å². The molecular weight excluding hydrogens is 396 g/mol. The number of unbranched alkanes of at least 4 members (excludes halogenated alkanes) is 17. The monoisotopic (exact) mass is 448 g/mol. The van der Waals surface area contributed by atoms with E-state index in [1.807, 2.05) is 6.07 Å². The van der Waals surface area contributed by atoms with Crippen LogP contribution in [0.2, 0.25) is 0 Å². The number of benzene rings is 1. The Hall–Kier alpha value is -1.38. The highest BCUT2D eigenvalue weighted by Crippen LogP contribution is 2.39. The molecule has 0 atom stereocenters. The molecule has 1 rings (SSSR count). The molecule has 0 saturated carbocycles. The fourth-order valence-electron chi connectivity index (χ4n) is 4.35. The molecule has 0 aromatic heterocycles. The van der Waals surface area contributed by atoms with Crippen LogP contribution in [0.5, 0.6) is 17.2 Å². The molecule has 0 spiro atoms. The van der Waals surface area contributed by atoms with Gasteiger partial charge in [-0.25, -0.2) is 0 Å². The maximum Gasteiger partial charge on any atom is 0.200 e. The van der Waals surface area contributed by atoms with Gasteiger partial charge in [-0.3, -0.25) is 0 Å². The van der Waals surface area contributed by atoms with E-state index in [4.69, 9.17) is 4.74 Å². The van der Waals surface area contributed by atoms with Gasteiger partial charge in [-0.15, -0.1) is 0 Å². The van der Waals surface area contributed by atoms with Crippen LogP contribution in [0.1, 0.15) is 141 Å². The van der Waals surface area contributed by atoms with Crippen molar-refractivity contribution in [3.05, 3.63) is 17.7 Å². The van der Waals surface area contributed by atoms with Crippen molar-refractivity contribution in [2.45, 2.75) is 142 Å². The summed E-state index contributed by atoms with van der Waals surface area (Å²) in [6.07, 6.45) is 25.5. The molecule has 0 saturated heterocycles. The predicted octanol–water partition coefficient (Wildman–Crippen LogP) is 9.47. The van der Waals surface area contributed by atoms with E-state index in [2.05, 4.69) is 13.8 Å². The van der Waals surface area contributed by atoms with Crippen molar-refractivity contribution < 1.29 is 14.9 Å². The summed E-state index contributed by atoms with van der Waals surface area (Å²) in [6, 6.07) is 3.50. The third-order valence-corrected chi connectivity index (χ3v) is 6.49. The average Bonchev–Trinajstić information content (AvgIpc) is 2.80. The fourth-order valence-corrected chi connectivity index (χ4v) is 4.35. The molecule has 1 aromatic rings. The zero-order valence-corrected chi connectivity index (χ0v) is 21.3. The molecule has 0 bridgehead atoms. The lowest BCUT2D eigenvalue weighted by Gasteiger charge is -2.14. The Kier molecular flexibility index (Phi) is 18.1. The summed E-state index contributed by atoms with van der Waals surface area (Å²) in [5, 5.41) is 20.2. The Labute approximate surface area is 199 Å². The highest BCUT2D eigenvalue weighted by atomic mass is 16.5. The van der Waals surface area contributed by atoms with Crippen molar-refractivity contribution in [1.29, 1.82) is 0 Å². The standard InChI is InChI=1S/C29H52O3/c1-3-5-7-9-11-13-14-15-17-19-21-25-32-29-26(23-24-27(30)28(29)31)22-20-18-16-12-10-8-6-4-2/h23-24,30-31H,3-22,25H2,1-2H3. The van der Waals surface area contributed by atoms with Gasteiger partial charge in [0.05, 0.1) is 6.61 Å². The van der Waals surface area contributed by atoms with Crippen molar-refractivity contribution in [3.63, 3.8) is 0 Å². The molecular formula is C29H52O3. The first-order valence-electron chi connectivity index (χ1n) is 13.9. The molecule has 0 unspecified atom stereocenters.